The molecule has 0 saturated heterocycles. The molecule has 0 aliphatic heterocycles. The van der Waals surface area contributed by atoms with Crippen LogP contribution in [0.2, 0.25) is 0 Å². The second-order valence-electron chi connectivity index (χ2n) is 8.00. The monoisotopic (exact) mass is 449 g/mol. The van der Waals surface area contributed by atoms with Crippen LogP contribution in [0.3, 0.4) is 0 Å². The Bertz CT molecular complexity index is 1350. The summed E-state index contributed by atoms with van der Waals surface area (Å²) >= 11 is 0. The maximum atomic E-state index is 13.4. The molecule has 0 aliphatic rings. The summed E-state index contributed by atoms with van der Waals surface area (Å²) in [7, 11) is 5.52. The molecule has 3 aromatic carbocycles. The zero-order valence-corrected chi connectivity index (χ0v) is 19.6. The molecule has 0 unspecified atom stereocenters. The highest BCUT2D eigenvalue weighted by Crippen LogP contribution is 2.25. The van der Waals surface area contributed by atoms with Crippen LogP contribution in [0.4, 0.5) is 0 Å². The summed E-state index contributed by atoms with van der Waals surface area (Å²) in [6, 6.07) is 31.0. The summed E-state index contributed by atoms with van der Waals surface area (Å²) < 4.78 is 6.77. The lowest BCUT2D eigenvalue weighted by molar-refractivity contribution is 0.415. The fourth-order valence-corrected chi connectivity index (χ4v) is 3.55. The number of nitrogens with zero attached hydrogens (tertiary/aromatic N) is 3. The Morgan fingerprint density at radius 2 is 1.44 bits per heavy atom. The molecule has 5 heteroatoms. The molecule has 0 N–H and O–H groups in total. The first kappa shape index (κ1) is 22.8. The van der Waals surface area contributed by atoms with Gasteiger partial charge in [0, 0.05) is 37.5 Å². The third-order valence-corrected chi connectivity index (χ3v) is 5.31. The number of methoxy groups -OCH3 is 1. The summed E-state index contributed by atoms with van der Waals surface area (Å²) in [4.78, 5) is 15.3. The first-order chi connectivity index (χ1) is 16.5. The molecule has 4 aromatic rings. The SMILES string of the molecule is COc1ccc(C(/C=C/N(C)C)=N/n2c(-c3ccccc3)cc(-c3ccccc3)cc2=O)cc1. The van der Waals surface area contributed by atoms with Crippen molar-refractivity contribution < 1.29 is 4.74 Å². The average molecular weight is 450 g/mol. The first-order valence-electron chi connectivity index (χ1n) is 11.0. The van der Waals surface area contributed by atoms with Gasteiger partial charge in [0.15, 0.2) is 0 Å². The summed E-state index contributed by atoms with van der Waals surface area (Å²) in [5.74, 6) is 0.758. The number of rotatable bonds is 7. The quantitative estimate of drug-likeness (QED) is 0.349. The van der Waals surface area contributed by atoms with Gasteiger partial charge in [0.25, 0.3) is 5.56 Å². The van der Waals surface area contributed by atoms with Gasteiger partial charge in [-0.1, -0.05) is 60.7 Å². The Balaban J connectivity index is 1.93. The number of hydrogen-bond donors (Lipinski definition) is 0. The number of benzene rings is 3. The Hall–Kier alpha value is -4.38. The van der Waals surface area contributed by atoms with Crippen molar-refractivity contribution in [2.75, 3.05) is 21.2 Å². The molecular formula is C29H27N3O2. The van der Waals surface area contributed by atoms with E-state index < -0.39 is 0 Å². The molecule has 1 aromatic heterocycles. The van der Waals surface area contributed by atoms with Gasteiger partial charge in [-0.05, 0) is 47.5 Å². The van der Waals surface area contributed by atoms with Crippen molar-refractivity contribution in [3.63, 3.8) is 0 Å². The molecule has 1 heterocycles. The maximum absolute atomic E-state index is 13.4. The Morgan fingerprint density at radius 3 is 2.03 bits per heavy atom. The molecule has 0 radical (unpaired) electrons. The van der Waals surface area contributed by atoms with Gasteiger partial charge < -0.3 is 9.64 Å². The Labute approximate surface area is 199 Å². The molecule has 34 heavy (non-hydrogen) atoms. The molecular weight excluding hydrogens is 422 g/mol. The highest BCUT2D eigenvalue weighted by atomic mass is 16.5. The van der Waals surface area contributed by atoms with Gasteiger partial charge in [-0.2, -0.15) is 9.78 Å². The van der Waals surface area contributed by atoms with E-state index in [1.165, 1.54) is 4.68 Å². The molecule has 170 valence electrons. The summed E-state index contributed by atoms with van der Waals surface area (Å²) in [5.41, 5.74) is 4.79. The predicted molar refractivity (Wildman–Crippen MR) is 139 cm³/mol. The van der Waals surface area contributed by atoms with Crippen molar-refractivity contribution in [3.8, 4) is 28.1 Å². The summed E-state index contributed by atoms with van der Waals surface area (Å²) in [6.07, 6.45) is 3.81. The van der Waals surface area contributed by atoms with Crippen LogP contribution in [0.5, 0.6) is 5.75 Å². The van der Waals surface area contributed by atoms with Crippen LogP contribution in [0.1, 0.15) is 5.56 Å². The van der Waals surface area contributed by atoms with E-state index in [0.29, 0.717) is 5.71 Å². The molecule has 0 amide bonds. The van der Waals surface area contributed by atoms with Gasteiger partial charge in [0.05, 0.1) is 18.5 Å². The van der Waals surface area contributed by atoms with Crippen LogP contribution >= 0.6 is 0 Å². The molecule has 0 aliphatic carbocycles. The lowest BCUT2D eigenvalue weighted by Crippen LogP contribution is -2.19. The smallest absolute Gasteiger partial charge is 0.272 e. The minimum atomic E-state index is -0.204. The molecule has 4 rings (SSSR count). The van der Waals surface area contributed by atoms with E-state index in [4.69, 9.17) is 9.84 Å². The van der Waals surface area contributed by atoms with E-state index in [-0.39, 0.29) is 5.56 Å². The van der Waals surface area contributed by atoms with Crippen molar-refractivity contribution in [1.29, 1.82) is 0 Å². The van der Waals surface area contributed by atoms with E-state index in [1.807, 2.05) is 122 Å². The highest BCUT2D eigenvalue weighted by molar-refractivity contribution is 6.08. The van der Waals surface area contributed by atoms with Crippen LogP contribution in [-0.2, 0) is 0 Å². The van der Waals surface area contributed by atoms with Crippen LogP contribution in [-0.4, -0.2) is 36.5 Å². The van der Waals surface area contributed by atoms with Gasteiger partial charge in [0.1, 0.15) is 5.75 Å². The van der Waals surface area contributed by atoms with Crippen molar-refractivity contribution >= 4 is 5.71 Å². The van der Waals surface area contributed by atoms with Gasteiger partial charge in [-0.25, -0.2) is 0 Å². The molecule has 0 bridgehead atoms. The number of pyridine rings is 1. The van der Waals surface area contributed by atoms with Crippen LogP contribution in [0.15, 0.2) is 119 Å². The van der Waals surface area contributed by atoms with Gasteiger partial charge in [-0.3, -0.25) is 4.79 Å². The number of allylic oxidation sites excluding steroid dienone is 1. The predicted octanol–water partition coefficient (Wildman–Crippen LogP) is 5.52. The average Bonchev–Trinajstić information content (AvgIpc) is 2.88. The molecule has 0 saturated carbocycles. The topological polar surface area (TPSA) is 46.8 Å². The van der Waals surface area contributed by atoms with Gasteiger partial charge >= 0.3 is 0 Å². The van der Waals surface area contributed by atoms with Crippen molar-refractivity contribution in [1.82, 2.24) is 9.58 Å². The lowest BCUT2D eigenvalue weighted by atomic mass is 10.0. The standard InChI is InChI=1S/C29H27N3O2/c1-31(2)19-18-27(23-14-16-26(34-3)17-15-23)30-32-28(24-12-8-5-9-13-24)20-25(21-29(32)33)22-10-6-4-7-11-22/h4-21H,1-3H3/b19-18+,30-27+. The first-order valence-corrected chi connectivity index (χ1v) is 11.0. The number of aromatic nitrogens is 1. The van der Waals surface area contributed by atoms with Gasteiger partial charge in [0.2, 0.25) is 0 Å². The van der Waals surface area contributed by atoms with Crippen LogP contribution in [0, 0.1) is 0 Å². The van der Waals surface area contributed by atoms with Crippen LogP contribution < -0.4 is 10.3 Å². The number of hydrogen-bond acceptors (Lipinski definition) is 4. The fourth-order valence-electron chi connectivity index (χ4n) is 3.55. The molecule has 0 spiro atoms. The third kappa shape index (κ3) is 5.33. The lowest BCUT2D eigenvalue weighted by Gasteiger charge is -2.13. The third-order valence-electron chi connectivity index (χ3n) is 5.31. The summed E-state index contributed by atoms with van der Waals surface area (Å²) in [6.45, 7) is 0. The molecule has 0 fully saturated rings. The van der Waals surface area contributed by atoms with E-state index in [2.05, 4.69) is 0 Å². The number of ether oxygens (including phenoxy) is 1. The maximum Gasteiger partial charge on any atom is 0.272 e. The Kier molecular flexibility index (Phi) is 7.04. The molecule has 0 atom stereocenters. The minimum absolute atomic E-state index is 0.204. The normalized spacial score (nSPS) is 11.6. The van der Waals surface area contributed by atoms with Crippen molar-refractivity contribution in [2.45, 2.75) is 0 Å². The Morgan fingerprint density at radius 1 is 0.824 bits per heavy atom. The second kappa shape index (κ2) is 10.5. The minimum Gasteiger partial charge on any atom is -0.497 e. The zero-order valence-electron chi connectivity index (χ0n) is 19.6. The van der Waals surface area contributed by atoms with E-state index >= 15 is 0 Å². The van der Waals surface area contributed by atoms with Crippen LogP contribution in [0.25, 0.3) is 22.4 Å². The van der Waals surface area contributed by atoms with E-state index in [1.54, 1.807) is 13.2 Å². The van der Waals surface area contributed by atoms with Crippen molar-refractivity contribution in [2.24, 2.45) is 5.10 Å². The van der Waals surface area contributed by atoms with Gasteiger partial charge in [-0.15, -0.1) is 0 Å². The van der Waals surface area contributed by atoms with E-state index in [0.717, 1.165) is 33.7 Å². The largest absolute Gasteiger partial charge is 0.497 e. The fraction of sp³-hybridized carbons (Fsp3) is 0.103. The second-order valence-corrected chi connectivity index (χ2v) is 8.00. The van der Waals surface area contributed by atoms with Crippen molar-refractivity contribution in [3.05, 3.63) is 125 Å². The zero-order chi connectivity index (χ0) is 23.9. The van der Waals surface area contributed by atoms with E-state index in [9.17, 15) is 4.79 Å². The molecule has 5 nitrogen and oxygen atoms in total. The highest BCUT2D eigenvalue weighted by Gasteiger charge is 2.12. The summed E-state index contributed by atoms with van der Waals surface area (Å²) in [5, 5.41) is 4.83.